The molecule has 3 heteroatoms. The van der Waals surface area contributed by atoms with E-state index in [4.69, 9.17) is 0 Å². The monoisotopic (exact) mass is 255 g/mol. The summed E-state index contributed by atoms with van der Waals surface area (Å²) >= 11 is 0. The minimum absolute atomic E-state index is 0.652. The van der Waals surface area contributed by atoms with Crippen LogP contribution in [-0.2, 0) is 13.6 Å². The van der Waals surface area contributed by atoms with Gasteiger partial charge in [-0.25, -0.2) is 0 Å². The smallest absolute Gasteiger partial charge is 0.0518 e. The maximum atomic E-state index is 4.19. The minimum atomic E-state index is 0.652. The quantitative estimate of drug-likeness (QED) is 0.910. The van der Waals surface area contributed by atoms with Crippen LogP contribution in [0.2, 0.25) is 0 Å². The van der Waals surface area contributed by atoms with Gasteiger partial charge in [0, 0.05) is 25.8 Å². The molecule has 0 aliphatic heterocycles. The van der Waals surface area contributed by atoms with E-state index in [1.807, 2.05) is 17.9 Å². The van der Waals surface area contributed by atoms with Gasteiger partial charge < -0.3 is 5.32 Å². The van der Waals surface area contributed by atoms with Crippen molar-refractivity contribution < 1.29 is 0 Å². The van der Waals surface area contributed by atoms with Crippen LogP contribution >= 0.6 is 0 Å². The molecule has 0 saturated heterocycles. The lowest BCUT2D eigenvalue weighted by Crippen LogP contribution is -2.40. The van der Waals surface area contributed by atoms with Crippen molar-refractivity contribution in [1.29, 1.82) is 0 Å². The molecule has 2 aromatic rings. The van der Waals surface area contributed by atoms with Crippen LogP contribution in [-0.4, -0.2) is 15.8 Å². The summed E-state index contributed by atoms with van der Waals surface area (Å²) in [4.78, 5) is 0. The van der Waals surface area contributed by atoms with E-state index in [0.29, 0.717) is 6.04 Å². The van der Waals surface area contributed by atoms with Gasteiger partial charge in [-0.3, -0.25) is 4.68 Å². The second kappa shape index (κ2) is 5.17. The Morgan fingerprint density at radius 1 is 1.26 bits per heavy atom. The highest BCUT2D eigenvalue weighted by Crippen LogP contribution is 2.38. The van der Waals surface area contributed by atoms with E-state index in [9.17, 15) is 0 Å². The molecule has 0 bridgehead atoms. The highest BCUT2D eigenvalue weighted by atomic mass is 15.3. The van der Waals surface area contributed by atoms with E-state index in [-0.39, 0.29) is 0 Å². The third-order valence-electron chi connectivity index (χ3n) is 4.26. The molecule has 19 heavy (non-hydrogen) atoms. The Balaban J connectivity index is 1.51. The third-order valence-corrected chi connectivity index (χ3v) is 4.26. The fourth-order valence-electron chi connectivity index (χ4n) is 2.91. The predicted molar refractivity (Wildman–Crippen MR) is 77.0 cm³/mol. The zero-order valence-electron chi connectivity index (χ0n) is 11.6. The standard InChI is InChI=1S/C16H21N3/c1-12-5-3-4-6-16(12)13-9-14(10-13)17-11-15-7-8-18-19(15)2/h3-8,13-14,17H,9-11H2,1-2H3. The summed E-state index contributed by atoms with van der Waals surface area (Å²) in [5, 5.41) is 7.81. The van der Waals surface area contributed by atoms with Gasteiger partial charge in [-0.2, -0.15) is 5.10 Å². The lowest BCUT2D eigenvalue weighted by molar-refractivity contribution is 0.286. The zero-order valence-corrected chi connectivity index (χ0v) is 11.6. The summed E-state index contributed by atoms with van der Waals surface area (Å²) in [6, 6.07) is 11.5. The molecule has 1 aliphatic rings. The van der Waals surface area contributed by atoms with Crippen molar-refractivity contribution in [3.05, 3.63) is 53.3 Å². The molecular weight excluding hydrogens is 234 g/mol. The van der Waals surface area contributed by atoms with E-state index in [0.717, 1.165) is 12.5 Å². The van der Waals surface area contributed by atoms with Crippen LogP contribution in [0.5, 0.6) is 0 Å². The molecular formula is C16H21N3. The lowest BCUT2D eigenvalue weighted by Gasteiger charge is -2.37. The highest BCUT2D eigenvalue weighted by Gasteiger charge is 2.30. The summed E-state index contributed by atoms with van der Waals surface area (Å²) in [5.41, 5.74) is 4.21. The molecule has 3 rings (SSSR count). The first-order valence-corrected chi connectivity index (χ1v) is 7.00. The van der Waals surface area contributed by atoms with Crippen molar-refractivity contribution in [3.8, 4) is 0 Å². The number of aromatic nitrogens is 2. The fourth-order valence-corrected chi connectivity index (χ4v) is 2.91. The van der Waals surface area contributed by atoms with Gasteiger partial charge in [0.15, 0.2) is 0 Å². The van der Waals surface area contributed by atoms with Gasteiger partial charge in [-0.1, -0.05) is 24.3 Å². The van der Waals surface area contributed by atoms with Crippen LogP contribution in [0, 0.1) is 6.92 Å². The summed E-state index contributed by atoms with van der Waals surface area (Å²) in [6.45, 7) is 3.13. The van der Waals surface area contributed by atoms with Crippen LogP contribution < -0.4 is 5.32 Å². The van der Waals surface area contributed by atoms with Crippen molar-refractivity contribution in [2.45, 2.75) is 38.3 Å². The van der Waals surface area contributed by atoms with Crippen LogP contribution in [0.3, 0.4) is 0 Å². The van der Waals surface area contributed by atoms with Crippen LogP contribution in [0.25, 0.3) is 0 Å². The van der Waals surface area contributed by atoms with Crippen LogP contribution in [0.15, 0.2) is 36.5 Å². The third kappa shape index (κ3) is 2.56. The van der Waals surface area contributed by atoms with Gasteiger partial charge >= 0.3 is 0 Å². The predicted octanol–water partition coefficient (Wildman–Crippen LogP) is 2.76. The molecule has 100 valence electrons. The number of hydrogen-bond donors (Lipinski definition) is 1. The summed E-state index contributed by atoms with van der Waals surface area (Å²) in [6.07, 6.45) is 4.36. The first-order valence-electron chi connectivity index (χ1n) is 7.00. The molecule has 0 radical (unpaired) electrons. The minimum Gasteiger partial charge on any atom is -0.308 e. The van der Waals surface area contributed by atoms with Crippen molar-refractivity contribution in [3.63, 3.8) is 0 Å². The first-order chi connectivity index (χ1) is 9.24. The highest BCUT2D eigenvalue weighted by molar-refractivity contribution is 5.31. The summed E-state index contributed by atoms with van der Waals surface area (Å²) < 4.78 is 1.94. The van der Waals surface area contributed by atoms with Gasteiger partial charge in [-0.15, -0.1) is 0 Å². The van der Waals surface area contributed by atoms with Gasteiger partial charge in [0.2, 0.25) is 0 Å². The number of hydrogen-bond acceptors (Lipinski definition) is 2. The van der Waals surface area contributed by atoms with Gasteiger partial charge in [-0.05, 0) is 42.9 Å². The van der Waals surface area contributed by atoms with Crippen molar-refractivity contribution in [1.82, 2.24) is 15.1 Å². The molecule has 1 fully saturated rings. The molecule has 1 saturated carbocycles. The summed E-state index contributed by atoms with van der Waals surface area (Å²) in [5.74, 6) is 0.741. The maximum absolute atomic E-state index is 4.19. The zero-order chi connectivity index (χ0) is 13.2. The number of benzene rings is 1. The SMILES string of the molecule is Cc1ccccc1C1CC(NCc2ccnn2C)C1. The Morgan fingerprint density at radius 2 is 2.05 bits per heavy atom. The normalized spacial score (nSPS) is 22.2. The average Bonchev–Trinajstić information content (AvgIpc) is 2.75. The number of nitrogens with zero attached hydrogens (tertiary/aromatic N) is 2. The van der Waals surface area contributed by atoms with Crippen molar-refractivity contribution >= 4 is 0 Å². The Kier molecular flexibility index (Phi) is 3.38. The Labute approximate surface area is 114 Å². The van der Waals surface area contributed by atoms with Gasteiger partial charge in [0.05, 0.1) is 5.69 Å². The van der Waals surface area contributed by atoms with Crippen LogP contribution in [0.4, 0.5) is 0 Å². The number of aryl methyl sites for hydroxylation is 2. The summed E-state index contributed by atoms with van der Waals surface area (Å²) in [7, 11) is 1.99. The Morgan fingerprint density at radius 3 is 2.74 bits per heavy atom. The van der Waals surface area contributed by atoms with Crippen LogP contribution in [0.1, 0.15) is 35.6 Å². The van der Waals surface area contributed by atoms with Gasteiger partial charge in [0.25, 0.3) is 0 Å². The lowest BCUT2D eigenvalue weighted by atomic mass is 9.74. The molecule has 3 nitrogen and oxygen atoms in total. The molecule has 1 N–H and O–H groups in total. The van der Waals surface area contributed by atoms with Crippen molar-refractivity contribution in [2.24, 2.45) is 7.05 Å². The first kappa shape index (κ1) is 12.4. The average molecular weight is 255 g/mol. The van der Waals surface area contributed by atoms with E-state index in [1.165, 1.54) is 29.7 Å². The molecule has 1 aromatic heterocycles. The maximum Gasteiger partial charge on any atom is 0.0518 e. The molecule has 0 amide bonds. The number of rotatable bonds is 4. The van der Waals surface area contributed by atoms with E-state index >= 15 is 0 Å². The molecule has 1 aliphatic carbocycles. The molecule has 1 aromatic carbocycles. The molecule has 0 spiro atoms. The topological polar surface area (TPSA) is 29.9 Å². The number of nitrogens with one attached hydrogen (secondary N) is 1. The Bertz CT molecular complexity index is 553. The molecule has 0 atom stereocenters. The largest absolute Gasteiger partial charge is 0.308 e. The second-order valence-corrected chi connectivity index (χ2v) is 5.55. The Hall–Kier alpha value is -1.61. The van der Waals surface area contributed by atoms with Gasteiger partial charge in [0.1, 0.15) is 0 Å². The van der Waals surface area contributed by atoms with E-state index in [2.05, 4.69) is 47.7 Å². The van der Waals surface area contributed by atoms with E-state index in [1.54, 1.807) is 0 Å². The molecule has 1 heterocycles. The van der Waals surface area contributed by atoms with Crippen molar-refractivity contribution in [2.75, 3.05) is 0 Å². The molecule has 0 unspecified atom stereocenters. The second-order valence-electron chi connectivity index (χ2n) is 5.55. The van der Waals surface area contributed by atoms with E-state index < -0.39 is 0 Å². The fraction of sp³-hybridized carbons (Fsp3) is 0.438.